The molecule has 0 saturated heterocycles. The number of nitrogens with zero attached hydrogens (tertiary/aromatic N) is 2. The van der Waals surface area contributed by atoms with Crippen molar-refractivity contribution >= 4 is 5.82 Å². The van der Waals surface area contributed by atoms with Gasteiger partial charge in [0, 0.05) is 19.3 Å². The molecule has 1 saturated carbocycles. The summed E-state index contributed by atoms with van der Waals surface area (Å²) >= 11 is 0. The summed E-state index contributed by atoms with van der Waals surface area (Å²) in [6.07, 6.45) is 5.62. The first-order valence-electron chi connectivity index (χ1n) is 5.10. The normalized spacial score (nSPS) is 16.4. The number of anilines is 1. The molecular weight excluding hydrogens is 176 g/mol. The van der Waals surface area contributed by atoms with Crippen LogP contribution >= 0.6 is 0 Å². The lowest BCUT2D eigenvalue weighted by Crippen LogP contribution is -2.37. The number of aliphatic hydroxyl groups is 1. The van der Waals surface area contributed by atoms with Gasteiger partial charge in [-0.15, -0.1) is 0 Å². The van der Waals surface area contributed by atoms with Gasteiger partial charge in [0.25, 0.3) is 0 Å². The molecule has 1 fully saturated rings. The molecule has 0 aliphatic heterocycles. The Hall–Kier alpha value is -1.09. The molecule has 3 heteroatoms. The van der Waals surface area contributed by atoms with Gasteiger partial charge in [0.1, 0.15) is 5.82 Å². The fourth-order valence-corrected chi connectivity index (χ4v) is 1.71. The standard InChI is InChI=1S/C11H16N2O/c1-13(10-3-2-4-10)11-7-9(8-14)5-6-12-11/h5-7,10,14H,2-4,8H2,1H3. The maximum atomic E-state index is 9.01. The van der Waals surface area contributed by atoms with E-state index in [-0.39, 0.29) is 6.61 Å². The highest BCUT2D eigenvalue weighted by Gasteiger charge is 2.22. The van der Waals surface area contributed by atoms with Gasteiger partial charge < -0.3 is 10.0 Å². The molecule has 76 valence electrons. The highest BCUT2D eigenvalue weighted by Crippen LogP contribution is 2.27. The molecule has 0 atom stereocenters. The van der Waals surface area contributed by atoms with Gasteiger partial charge in [-0.05, 0) is 37.0 Å². The minimum atomic E-state index is 0.0913. The summed E-state index contributed by atoms with van der Waals surface area (Å²) in [5.74, 6) is 0.973. The van der Waals surface area contributed by atoms with Crippen molar-refractivity contribution in [2.45, 2.75) is 31.9 Å². The Labute approximate surface area is 84.4 Å². The molecule has 1 N–H and O–H groups in total. The molecule has 0 unspecified atom stereocenters. The highest BCUT2D eigenvalue weighted by atomic mass is 16.3. The summed E-state index contributed by atoms with van der Waals surface area (Å²) in [5.41, 5.74) is 0.932. The number of rotatable bonds is 3. The van der Waals surface area contributed by atoms with E-state index in [1.807, 2.05) is 12.1 Å². The van der Waals surface area contributed by atoms with E-state index in [2.05, 4.69) is 16.9 Å². The van der Waals surface area contributed by atoms with E-state index in [4.69, 9.17) is 5.11 Å². The van der Waals surface area contributed by atoms with E-state index in [0.717, 1.165) is 11.4 Å². The van der Waals surface area contributed by atoms with E-state index in [1.54, 1.807) is 6.20 Å². The van der Waals surface area contributed by atoms with Gasteiger partial charge >= 0.3 is 0 Å². The van der Waals surface area contributed by atoms with E-state index < -0.39 is 0 Å². The summed E-state index contributed by atoms with van der Waals surface area (Å²) in [4.78, 5) is 6.52. The molecule has 0 amide bonds. The maximum absolute atomic E-state index is 9.01. The van der Waals surface area contributed by atoms with Crippen molar-refractivity contribution < 1.29 is 5.11 Å². The summed E-state index contributed by atoms with van der Waals surface area (Å²) in [6, 6.07) is 4.45. The third kappa shape index (κ3) is 1.73. The fraction of sp³-hybridized carbons (Fsp3) is 0.545. The number of pyridine rings is 1. The molecule has 3 nitrogen and oxygen atoms in total. The fourth-order valence-electron chi connectivity index (χ4n) is 1.71. The summed E-state index contributed by atoms with van der Waals surface area (Å²) in [7, 11) is 2.08. The lowest BCUT2D eigenvalue weighted by Gasteiger charge is -2.35. The highest BCUT2D eigenvalue weighted by molar-refractivity contribution is 5.41. The van der Waals surface area contributed by atoms with Gasteiger partial charge in [0.15, 0.2) is 0 Å². The van der Waals surface area contributed by atoms with Crippen molar-refractivity contribution in [1.82, 2.24) is 4.98 Å². The molecule has 0 radical (unpaired) electrons. The number of hydrogen-bond acceptors (Lipinski definition) is 3. The number of aliphatic hydroxyl groups excluding tert-OH is 1. The summed E-state index contributed by atoms with van der Waals surface area (Å²) in [5, 5.41) is 9.01. The first-order chi connectivity index (χ1) is 6.81. The molecule has 14 heavy (non-hydrogen) atoms. The Morgan fingerprint density at radius 1 is 1.57 bits per heavy atom. The first kappa shape index (κ1) is 9.46. The van der Waals surface area contributed by atoms with Crippen LogP contribution in [0.4, 0.5) is 5.82 Å². The van der Waals surface area contributed by atoms with E-state index in [1.165, 1.54) is 19.3 Å². The number of hydrogen-bond donors (Lipinski definition) is 1. The van der Waals surface area contributed by atoms with Crippen molar-refractivity contribution in [2.75, 3.05) is 11.9 Å². The average Bonchev–Trinajstić information content (AvgIpc) is 2.15. The zero-order valence-electron chi connectivity index (χ0n) is 8.48. The van der Waals surface area contributed by atoms with Crippen LogP contribution in [0.15, 0.2) is 18.3 Å². The van der Waals surface area contributed by atoms with Gasteiger partial charge in [-0.25, -0.2) is 4.98 Å². The third-order valence-corrected chi connectivity index (χ3v) is 2.98. The predicted octanol–water partition coefficient (Wildman–Crippen LogP) is 1.56. The van der Waals surface area contributed by atoms with Crippen LogP contribution in [0.5, 0.6) is 0 Å². The van der Waals surface area contributed by atoms with Gasteiger partial charge in [0.2, 0.25) is 0 Å². The van der Waals surface area contributed by atoms with Crippen LogP contribution in [0.25, 0.3) is 0 Å². The van der Waals surface area contributed by atoms with Crippen LogP contribution < -0.4 is 4.90 Å². The molecular formula is C11H16N2O. The zero-order valence-corrected chi connectivity index (χ0v) is 8.48. The minimum absolute atomic E-state index is 0.0913. The summed E-state index contributed by atoms with van der Waals surface area (Å²) < 4.78 is 0. The van der Waals surface area contributed by atoms with Crippen LogP contribution in [0.2, 0.25) is 0 Å². The molecule has 2 rings (SSSR count). The van der Waals surface area contributed by atoms with Gasteiger partial charge in [-0.1, -0.05) is 0 Å². The second-order valence-electron chi connectivity index (χ2n) is 3.88. The van der Waals surface area contributed by atoms with Gasteiger partial charge in [-0.3, -0.25) is 0 Å². The van der Waals surface area contributed by atoms with Crippen LogP contribution in [0, 0.1) is 0 Å². The summed E-state index contributed by atoms with van der Waals surface area (Å²) in [6.45, 7) is 0.0913. The van der Waals surface area contributed by atoms with Crippen molar-refractivity contribution in [3.8, 4) is 0 Å². The second kappa shape index (κ2) is 3.96. The van der Waals surface area contributed by atoms with Gasteiger partial charge in [-0.2, -0.15) is 0 Å². The monoisotopic (exact) mass is 192 g/mol. The van der Waals surface area contributed by atoms with Crippen LogP contribution in [0.1, 0.15) is 24.8 Å². The largest absolute Gasteiger partial charge is 0.392 e. The molecule has 1 aromatic rings. The van der Waals surface area contributed by atoms with E-state index in [9.17, 15) is 0 Å². The lowest BCUT2D eigenvalue weighted by molar-refractivity contribution is 0.281. The molecule has 0 bridgehead atoms. The Kier molecular flexibility index (Phi) is 2.68. The average molecular weight is 192 g/mol. The smallest absolute Gasteiger partial charge is 0.128 e. The Bertz CT molecular complexity index is 310. The van der Waals surface area contributed by atoms with Crippen LogP contribution in [0.3, 0.4) is 0 Å². The van der Waals surface area contributed by atoms with Gasteiger partial charge in [0.05, 0.1) is 6.61 Å². The van der Waals surface area contributed by atoms with Crippen molar-refractivity contribution in [1.29, 1.82) is 0 Å². The Morgan fingerprint density at radius 3 is 2.93 bits per heavy atom. The van der Waals surface area contributed by atoms with Crippen LogP contribution in [-0.4, -0.2) is 23.2 Å². The maximum Gasteiger partial charge on any atom is 0.128 e. The predicted molar refractivity (Wildman–Crippen MR) is 56.2 cm³/mol. The Balaban J connectivity index is 2.13. The minimum Gasteiger partial charge on any atom is -0.392 e. The van der Waals surface area contributed by atoms with Crippen molar-refractivity contribution in [3.63, 3.8) is 0 Å². The third-order valence-electron chi connectivity index (χ3n) is 2.98. The molecule has 1 aliphatic carbocycles. The SMILES string of the molecule is CN(c1cc(CO)ccn1)C1CCC1. The molecule has 1 aromatic heterocycles. The zero-order chi connectivity index (χ0) is 9.97. The second-order valence-corrected chi connectivity index (χ2v) is 3.88. The van der Waals surface area contributed by atoms with E-state index in [0.29, 0.717) is 6.04 Å². The first-order valence-corrected chi connectivity index (χ1v) is 5.10. The number of aromatic nitrogens is 1. The lowest BCUT2D eigenvalue weighted by atomic mass is 9.92. The topological polar surface area (TPSA) is 36.4 Å². The molecule has 1 aliphatic rings. The Morgan fingerprint density at radius 2 is 2.36 bits per heavy atom. The molecule has 0 spiro atoms. The van der Waals surface area contributed by atoms with Crippen molar-refractivity contribution in [3.05, 3.63) is 23.9 Å². The van der Waals surface area contributed by atoms with E-state index >= 15 is 0 Å². The molecule has 1 heterocycles. The van der Waals surface area contributed by atoms with Crippen LogP contribution in [-0.2, 0) is 6.61 Å². The van der Waals surface area contributed by atoms with Crippen molar-refractivity contribution in [2.24, 2.45) is 0 Å². The quantitative estimate of drug-likeness (QED) is 0.789. The molecule has 0 aromatic carbocycles.